The number of rotatable bonds is 4. The zero-order chi connectivity index (χ0) is 14.5. The molecule has 0 heterocycles. The standard InChI is InChI=1S/C15H28N2O2/c1-6-11(2)16-12-7-9-13(10-8-12)17-14(18)19-15(3,4)5/h6,11-13,16H,1,7-10H2,2-5H3,(H,17,18). The van der Waals surface area contributed by atoms with E-state index in [1.165, 1.54) is 0 Å². The molecule has 19 heavy (non-hydrogen) atoms. The molecule has 1 amide bonds. The second kappa shape index (κ2) is 6.94. The van der Waals surface area contributed by atoms with E-state index in [1.54, 1.807) is 0 Å². The fraction of sp³-hybridized carbons (Fsp3) is 0.800. The molecule has 0 radical (unpaired) electrons. The zero-order valence-corrected chi connectivity index (χ0v) is 12.7. The average molecular weight is 268 g/mol. The number of carbonyl (C=O) groups is 1. The summed E-state index contributed by atoms with van der Waals surface area (Å²) in [5.74, 6) is 0. The van der Waals surface area contributed by atoms with E-state index in [4.69, 9.17) is 4.74 Å². The van der Waals surface area contributed by atoms with Gasteiger partial charge in [0.15, 0.2) is 0 Å². The fourth-order valence-electron chi connectivity index (χ4n) is 2.32. The number of alkyl carbamates (subject to hydrolysis) is 1. The van der Waals surface area contributed by atoms with Crippen molar-refractivity contribution in [1.82, 2.24) is 10.6 Å². The quantitative estimate of drug-likeness (QED) is 0.771. The van der Waals surface area contributed by atoms with Crippen LogP contribution in [-0.2, 0) is 4.74 Å². The highest BCUT2D eigenvalue weighted by molar-refractivity contribution is 5.68. The van der Waals surface area contributed by atoms with Crippen molar-refractivity contribution in [3.05, 3.63) is 12.7 Å². The molecule has 4 nitrogen and oxygen atoms in total. The van der Waals surface area contributed by atoms with E-state index in [1.807, 2.05) is 26.8 Å². The van der Waals surface area contributed by atoms with Crippen molar-refractivity contribution in [2.24, 2.45) is 0 Å². The van der Waals surface area contributed by atoms with E-state index in [9.17, 15) is 4.79 Å². The van der Waals surface area contributed by atoms with Crippen molar-refractivity contribution in [2.75, 3.05) is 0 Å². The van der Waals surface area contributed by atoms with Gasteiger partial charge in [-0.3, -0.25) is 0 Å². The van der Waals surface area contributed by atoms with Gasteiger partial charge in [0, 0.05) is 18.1 Å². The molecule has 1 aliphatic rings. The van der Waals surface area contributed by atoms with Gasteiger partial charge in [-0.1, -0.05) is 6.08 Å². The minimum atomic E-state index is -0.428. The molecule has 1 atom stereocenters. The van der Waals surface area contributed by atoms with Crippen LogP contribution in [0.2, 0.25) is 0 Å². The van der Waals surface area contributed by atoms with E-state index in [2.05, 4.69) is 24.1 Å². The third kappa shape index (κ3) is 6.62. The van der Waals surface area contributed by atoms with Crippen LogP contribution in [0.1, 0.15) is 53.4 Å². The van der Waals surface area contributed by atoms with Crippen LogP contribution in [0.15, 0.2) is 12.7 Å². The molecule has 1 aliphatic carbocycles. The predicted octanol–water partition coefficient (Wildman–Crippen LogP) is 2.99. The van der Waals surface area contributed by atoms with Crippen LogP contribution >= 0.6 is 0 Å². The molecule has 1 saturated carbocycles. The van der Waals surface area contributed by atoms with E-state index >= 15 is 0 Å². The number of ether oxygens (including phenoxy) is 1. The maximum absolute atomic E-state index is 11.7. The van der Waals surface area contributed by atoms with Gasteiger partial charge in [0.25, 0.3) is 0 Å². The van der Waals surface area contributed by atoms with E-state index in [-0.39, 0.29) is 12.1 Å². The van der Waals surface area contributed by atoms with Gasteiger partial charge in [0.1, 0.15) is 5.60 Å². The number of hydrogen-bond acceptors (Lipinski definition) is 3. The summed E-state index contributed by atoms with van der Waals surface area (Å²) in [6.07, 6.45) is 5.78. The van der Waals surface area contributed by atoms with Crippen molar-refractivity contribution < 1.29 is 9.53 Å². The van der Waals surface area contributed by atoms with Gasteiger partial charge in [-0.2, -0.15) is 0 Å². The van der Waals surface area contributed by atoms with Crippen LogP contribution in [0.4, 0.5) is 4.79 Å². The Kier molecular flexibility index (Phi) is 5.85. The van der Waals surface area contributed by atoms with Crippen LogP contribution in [0.3, 0.4) is 0 Å². The summed E-state index contributed by atoms with van der Waals surface area (Å²) in [5.41, 5.74) is -0.428. The van der Waals surface area contributed by atoms with Gasteiger partial charge in [0.2, 0.25) is 0 Å². The van der Waals surface area contributed by atoms with Gasteiger partial charge in [-0.15, -0.1) is 6.58 Å². The monoisotopic (exact) mass is 268 g/mol. The maximum Gasteiger partial charge on any atom is 0.407 e. The largest absolute Gasteiger partial charge is 0.444 e. The van der Waals surface area contributed by atoms with Gasteiger partial charge < -0.3 is 15.4 Å². The highest BCUT2D eigenvalue weighted by Crippen LogP contribution is 2.19. The first-order valence-corrected chi connectivity index (χ1v) is 7.18. The maximum atomic E-state index is 11.7. The summed E-state index contributed by atoms with van der Waals surface area (Å²) in [4.78, 5) is 11.7. The van der Waals surface area contributed by atoms with Gasteiger partial charge in [-0.25, -0.2) is 4.79 Å². The van der Waals surface area contributed by atoms with Crippen molar-refractivity contribution >= 4 is 6.09 Å². The summed E-state index contributed by atoms with van der Waals surface area (Å²) < 4.78 is 5.27. The number of hydrogen-bond donors (Lipinski definition) is 2. The molecular formula is C15H28N2O2. The molecule has 0 spiro atoms. The molecule has 2 N–H and O–H groups in total. The normalized spacial score (nSPS) is 25.5. The first-order valence-electron chi connectivity index (χ1n) is 7.18. The first-order chi connectivity index (χ1) is 8.80. The molecule has 1 fully saturated rings. The molecule has 0 aliphatic heterocycles. The molecule has 0 aromatic carbocycles. The van der Waals surface area contributed by atoms with E-state index in [0.29, 0.717) is 12.1 Å². The fourth-order valence-corrected chi connectivity index (χ4v) is 2.32. The molecule has 0 bridgehead atoms. The lowest BCUT2D eigenvalue weighted by Crippen LogP contribution is -2.45. The molecular weight excluding hydrogens is 240 g/mol. The molecule has 1 unspecified atom stereocenters. The lowest BCUT2D eigenvalue weighted by molar-refractivity contribution is 0.0489. The first kappa shape index (κ1) is 16.0. The Balaban J connectivity index is 2.26. The number of carbonyl (C=O) groups excluding carboxylic acids is 1. The third-order valence-electron chi connectivity index (χ3n) is 3.30. The lowest BCUT2D eigenvalue weighted by Gasteiger charge is -2.31. The average Bonchev–Trinajstić information content (AvgIpc) is 2.29. The second-order valence-electron chi connectivity index (χ2n) is 6.39. The van der Waals surface area contributed by atoms with Gasteiger partial charge in [-0.05, 0) is 53.4 Å². The van der Waals surface area contributed by atoms with Crippen LogP contribution in [0.25, 0.3) is 0 Å². The Labute approximate surface area is 117 Å². The Morgan fingerprint density at radius 3 is 2.26 bits per heavy atom. The summed E-state index contributed by atoms with van der Waals surface area (Å²) >= 11 is 0. The Morgan fingerprint density at radius 2 is 1.79 bits per heavy atom. The minimum absolute atomic E-state index is 0.243. The number of amides is 1. The van der Waals surface area contributed by atoms with Gasteiger partial charge >= 0.3 is 6.09 Å². The van der Waals surface area contributed by atoms with Crippen molar-refractivity contribution in [2.45, 2.75) is 77.1 Å². The van der Waals surface area contributed by atoms with Crippen molar-refractivity contribution in [1.29, 1.82) is 0 Å². The summed E-state index contributed by atoms with van der Waals surface area (Å²) in [5, 5.41) is 6.47. The summed E-state index contributed by atoms with van der Waals surface area (Å²) in [6.45, 7) is 11.5. The SMILES string of the molecule is C=CC(C)NC1CCC(NC(=O)OC(C)(C)C)CC1. The highest BCUT2D eigenvalue weighted by atomic mass is 16.6. The van der Waals surface area contributed by atoms with Crippen molar-refractivity contribution in [3.8, 4) is 0 Å². The van der Waals surface area contributed by atoms with Crippen LogP contribution in [0, 0.1) is 0 Å². The summed E-state index contributed by atoms with van der Waals surface area (Å²) in [6, 6.07) is 1.12. The van der Waals surface area contributed by atoms with Crippen LogP contribution in [-0.4, -0.2) is 29.8 Å². The molecule has 110 valence electrons. The third-order valence-corrected chi connectivity index (χ3v) is 3.30. The number of nitrogens with one attached hydrogen (secondary N) is 2. The molecule has 1 rings (SSSR count). The van der Waals surface area contributed by atoms with E-state index in [0.717, 1.165) is 25.7 Å². The molecule has 0 aromatic heterocycles. The molecule has 0 aromatic rings. The summed E-state index contributed by atoms with van der Waals surface area (Å²) in [7, 11) is 0. The van der Waals surface area contributed by atoms with Crippen molar-refractivity contribution in [3.63, 3.8) is 0 Å². The Hall–Kier alpha value is -1.03. The smallest absolute Gasteiger partial charge is 0.407 e. The second-order valence-corrected chi connectivity index (χ2v) is 6.39. The molecule has 0 saturated heterocycles. The highest BCUT2D eigenvalue weighted by Gasteiger charge is 2.24. The van der Waals surface area contributed by atoms with Crippen LogP contribution < -0.4 is 10.6 Å². The molecule has 4 heteroatoms. The van der Waals surface area contributed by atoms with Gasteiger partial charge in [0.05, 0.1) is 0 Å². The van der Waals surface area contributed by atoms with Crippen LogP contribution in [0.5, 0.6) is 0 Å². The topological polar surface area (TPSA) is 50.4 Å². The Bertz CT molecular complexity index is 302. The predicted molar refractivity (Wildman–Crippen MR) is 78.2 cm³/mol. The zero-order valence-electron chi connectivity index (χ0n) is 12.7. The van der Waals surface area contributed by atoms with E-state index < -0.39 is 5.60 Å². The lowest BCUT2D eigenvalue weighted by atomic mass is 9.91. The Morgan fingerprint density at radius 1 is 1.26 bits per heavy atom. The minimum Gasteiger partial charge on any atom is -0.444 e.